The lowest BCUT2D eigenvalue weighted by molar-refractivity contribution is 0.0958. The van der Waals surface area contributed by atoms with E-state index in [1.807, 2.05) is 31.2 Å². The van der Waals surface area contributed by atoms with Crippen LogP contribution >= 0.6 is 11.5 Å². The van der Waals surface area contributed by atoms with Crippen molar-refractivity contribution < 1.29 is 4.79 Å². The first-order valence-corrected chi connectivity index (χ1v) is 8.87. The Morgan fingerprint density at radius 1 is 1.26 bits per heavy atom. The summed E-state index contributed by atoms with van der Waals surface area (Å²) in [5.74, 6) is -0.0769. The second kappa shape index (κ2) is 7.51. The van der Waals surface area contributed by atoms with Crippen molar-refractivity contribution in [3.63, 3.8) is 0 Å². The molecule has 5 heteroatoms. The molecule has 23 heavy (non-hydrogen) atoms. The number of benzene rings is 1. The molecule has 0 saturated carbocycles. The normalized spacial score (nSPS) is 14.4. The fraction of sp³-hybridized carbons (Fsp3) is 0.389. The minimum absolute atomic E-state index is 0.0769. The summed E-state index contributed by atoms with van der Waals surface area (Å²) < 4.78 is 3.96. The van der Waals surface area contributed by atoms with Gasteiger partial charge in [0.2, 0.25) is 0 Å². The molecule has 1 aromatic heterocycles. The van der Waals surface area contributed by atoms with Crippen molar-refractivity contribution in [2.45, 2.75) is 39.0 Å². The van der Waals surface area contributed by atoms with E-state index in [0.29, 0.717) is 17.1 Å². The predicted molar refractivity (Wildman–Crippen MR) is 93.6 cm³/mol. The molecule has 1 heterocycles. The molecule has 0 atom stereocenters. The number of carbonyl (C=O) groups is 1. The Hall–Kier alpha value is -2.01. The summed E-state index contributed by atoms with van der Waals surface area (Å²) in [7, 11) is 0. The maximum atomic E-state index is 12.4. The van der Waals surface area contributed by atoms with Gasteiger partial charge in [-0.3, -0.25) is 4.79 Å². The molecule has 2 aromatic rings. The summed E-state index contributed by atoms with van der Waals surface area (Å²) in [5, 5.41) is 7.14. The third kappa shape index (κ3) is 4.05. The van der Waals surface area contributed by atoms with Gasteiger partial charge in [0.15, 0.2) is 0 Å². The molecule has 0 radical (unpaired) electrons. The number of nitrogens with zero attached hydrogens (tertiary/aromatic N) is 2. The molecule has 0 aliphatic heterocycles. The van der Waals surface area contributed by atoms with Gasteiger partial charge in [-0.05, 0) is 50.6 Å². The van der Waals surface area contributed by atoms with Crippen LogP contribution < -0.4 is 5.32 Å². The van der Waals surface area contributed by atoms with E-state index in [1.165, 1.54) is 36.8 Å². The summed E-state index contributed by atoms with van der Waals surface area (Å²) in [6.07, 6.45) is 8.18. The first kappa shape index (κ1) is 15.9. The molecule has 1 N–H and O–H groups in total. The lowest BCUT2D eigenvalue weighted by Gasteiger charge is -2.12. The van der Waals surface area contributed by atoms with Crippen LogP contribution in [0.2, 0.25) is 0 Å². The highest BCUT2D eigenvalue weighted by atomic mass is 32.1. The average Bonchev–Trinajstić information content (AvgIpc) is 3.06. The summed E-state index contributed by atoms with van der Waals surface area (Å²) in [6, 6.07) is 8.00. The summed E-state index contributed by atoms with van der Waals surface area (Å²) in [5.41, 5.74) is 4.26. The Labute approximate surface area is 140 Å². The third-order valence-corrected chi connectivity index (χ3v) is 4.86. The molecule has 1 aliphatic carbocycles. The molecule has 3 rings (SSSR count). The van der Waals surface area contributed by atoms with E-state index < -0.39 is 0 Å². The summed E-state index contributed by atoms with van der Waals surface area (Å²) in [4.78, 5) is 13.0. The van der Waals surface area contributed by atoms with Gasteiger partial charge in [-0.15, -0.1) is 5.10 Å². The zero-order valence-corrected chi connectivity index (χ0v) is 14.2. The minimum atomic E-state index is -0.0769. The van der Waals surface area contributed by atoms with Crippen LogP contribution in [0.5, 0.6) is 0 Å². The molecule has 0 saturated heterocycles. The van der Waals surface area contributed by atoms with Gasteiger partial charge in [-0.2, -0.15) is 0 Å². The second-order valence-electron chi connectivity index (χ2n) is 5.93. The minimum Gasteiger partial charge on any atom is -0.351 e. The van der Waals surface area contributed by atoms with Crippen molar-refractivity contribution in [3.8, 4) is 11.3 Å². The van der Waals surface area contributed by atoms with Crippen LogP contribution in [0.3, 0.4) is 0 Å². The fourth-order valence-corrected chi connectivity index (χ4v) is 3.39. The quantitative estimate of drug-likeness (QED) is 0.840. The molecule has 0 bridgehead atoms. The van der Waals surface area contributed by atoms with Gasteiger partial charge in [0.25, 0.3) is 5.91 Å². The van der Waals surface area contributed by atoms with Gasteiger partial charge in [0, 0.05) is 12.1 Å². The van der Waals surface area contributed by atoms with Crippen LogP contribution in [0.4, 0.5) is 0 Å². The van der Waals surface area contributed by atoms with E-state index >= 15 is 0 Å². The van der Waals surface area contributed by atoms with Gasteiger partial charge < -0.3 is 5.32 Å². The van der Waals surface area contributed by atoms with Crippen molar-refractivity contribution in [2.24, 2.45) is 0 Å². The van der Waals surface area contributed by atoms with Gasteiger partial charge in [0.05, 0.1) is 0 Å². The topological polar surface area (TPSA) is 54.9 Å². The Morgan fingerprint density at radius 3 is 2.83 bits per heavy atom. The second-order valence-corrected chi connectivity index (χ2v) is 6.68. The molecule has 120 valence electrons. The molecular formula is C18H21N3OS. The van der Waals surface area contributed by atoms with E-state index in [9.17, 15) is 4.79 Å². The highest BCUT2D eigenvalue weighted by Crippen LogP contribution is 2.24. The largest absolute Gasteiger partial charge is 0.351 e. The van der Waals surface area contributed by atoms with Crippen LogP contribution in [-0.4, -0.2) is 22.0 Å². The molecule has 4 nitrogen and oxygen atoms in total. The van der Waals surface area contributed by atoms with E-state index in [2.05, 4.69) is 21.0 Å². The zero-order valence-electron chi connectivity index (χ0n) is 13.3. The SMILES string of the molecule is Cc1ccc(-c2nnsc2C(=O)NCCC2=CCCCC2)cc1. The Balaban J connectivity index is 1.63. The number of amides is 1. The molecule has 1 aromatic carbocycles. The first-order valence-electron chi connectivity index (χ1n) is 8.09. The molecule has 0 fully saturated rings. The molecule has 1 aliphatic rings. The lowest BCUT2D eigenvalue weighted by atomic mass is 9.97. The Bertz CT molecular complexity index is 703. The standard InChI is InChI=1S/C18H21N3OS/c1-13-7-9-15(10-8-13)16-17(23-21-20-16)18(22)19-12-11-14-5-3-2-4-6-14/h5,7-10H,2-4,6,11-12H2,1H3,(H,19,22). The van der Waals surface area contributed by atoms with Crippen LogP contribution in [-0.2, 0) is 0 Å². The summed E-state index contributed by atoms with van der Waals surface area (Å²) >= 11 is 1.15. The Morgan fingerprint density at radius 2 is 2.09 bits per heavy atom. The van der Waals surface area contributed by atoms with Crippen molar-refractivity contribution in [1.82, 2.24) is 14.9 Å². The zero-order chi connectivity index (χ0) is 16.1. The van der Waals surface area contributed by atoms with E-state index in [-0.39, 0.29) is 5.91 Å². The molecular weight excluding hydrogens is 306 g/mol. The first-order chi connectivity index (χ1) is 11.2. The predicted octanol–water partition coefficient (Wildman–Crippen LogP) is 4.13. The van der Waals surface area contributed by atoms with Crippen molar-refractivity contribution in [3.05, 3.63) is 46.4 Å². The highest BCUT2D eigenvalue weighted by molar-refractivity contribution is 7.08. The maximum Gasteiger partial charge on any atom is 0.265 e. The number of aryl methyl sites for hydroxylation is 1. The van der Waals surface area contributed by atoms with Gasteiger partial charge >= 0.3 is 0 Å². The van der Waals surface area contributed by atoms with E-state index in [0.717, 1.165) is 23.5 Å². The fourth-order valence-electron chi connectivity index (χ4n) is 2.79. The maximum absolute atomic E-state index is 12.4. The van der Waals surface area contributed by atoms with Crippen LogP contribution in [0.15, 0.2) is 35.9 Å². The lowest BCUT2D eigenvalue weighted by Crippen LogP contribution is -2.24. The number of hydrogen-bond acceptors (Lipinski definition) is 4. The van der Waals surface area contributed by atoms with Gasteiger partial charge in [-0.1, -0.05) is 46.0 Å². The Kier molecular flexibility index (Phi) is 5.18. The van der Waals surface area contributed by atoms with Crippen molar-refractivity contribution >= 4 is 17.4 Å². The average molecular weight is 327 g/mol. The summed E-state index contributed by atoms with van der Waals surface area (Å²) in [6.45, 7) is 2.71. The van der Waals surface area contributed by atoms with Crippen molar-refractivity contribution in [1.29, 1.82) is 0 Å². The smallest absolute Gasteiger partial charge is 0.265 e. The van der Waals surface area contributed by atoms with E-state index in [4.69, 9.17) is 0 Å². The van der Waals surface area contributed by atoms with Crippen molar-refractivity contribution in [2.75, 3.05) is 6.54 Å². The molecule has 1 amide bonds. The van der Waals surface area contributed by atoms with Crippen LogP contribution in [0, 0.1) is 6.92 Å². The van der Waals surface area contributed by atoms with Gasteiger partial charge in [0.1, 0.15) is 10.6 Å². The number of allylic oxidation sites excluding steroid dienone is 1. The number of hydrogen-bond donors (Lipinski definition) is 1. The van der Waals surface area contributed by atoms with E-state index in [1.54, 1.807) is 0 Å². The monoisotopic (exact) mass is 327 g/mol. The molecule has 0 spiro atoms. The van der Waals surface area contributed by atoms with Crippen LogP contribution in [0.25, 0.3) is 11.3 Å². The number of aromatic nitrogens is 2. The third-order valence-electron chi connectivity index (χ3n) is 4.14. The van der Waals surface area contributed by atoms with Crippen LogP contribution in [0.1, 0.15) is 47.3 Å². The van der Waals surface area contributed by atoms with Gasteiger partial charge in [-0.25, -0.2) is 0 Å². The number of rotatable bonds is 5. The number of carbonyl (C=O) groups excluding carboxylic acids is 1. The molecule has 0 unspecified atom stereocenters. The number of nitrogens with one attached hydrogen (secondary N) is 1. The highest BCUT2D eigenvalue weighted by Gasteiger charge is 2.17.